The molecule has 4 heteroatoms. The zero-order valence-electron chi connectivity index (χ0n) is 8.26. The van der Waals surface area contributed by atoms with Crippen LogP contribution in [0.5, 0.6) is 0 Å². The Labute approximate surface area is 83.5 Å². The van der Waals surface area contributed by atoms with Gasteiger partial charge in [-0.15, -0.1) is 0 Å². The molecule has 0 aromatic carbocycles. The van der Waals surface area contributed by atoms with Crippen molar-refractivity contribution in [2.24, 2.45) is 11.7 Å². The highest BCUT2D eigenvalue weighted by Crippen LogP contribution is 2.28. The molecule has 0 aliphatic carbocycles. The van der Waals surface area contributed by atoms with Crippen molar-refractivity contribution in [3.63, 3.8) is 0 Å². The molecular formula is C10H15N3O. The maximum atomic E-state index is 6.06. The minimum Gasteiger partial charge on any atom is -0.376 e. The number of ether oxygens (including phenoxy) is 1. The lowest BCUT2D eigenvalue weighted by molar-refractivity contribution is 0.0712. The largest absolute Gasteiger partial charge is 0.376 e. The Morgan fingerprint density at radius 3 is 3.00 bits per heavy atom. The summed E-state index contributed by atoms with van der Waals surface area (Å²) in [6, 6.07) is -0.152. The summed E-state index contributed by atoms with van der Waals surface area (Å²) in [5.74, 6) is 0.506. The van der Waals surface area contributed by atoms with Crippen molar-refractivity contribution >= 4 is 0 Å². The third-order valence-corrected chi connectivity index (χ3v) is 2.72. The lowest BCUT2D eigenvalue weighted by Crippen LogP contribution is -2.30. The Hall–Kier alpha value is -1.00. The smallest absolute Gasteiger partial charge is 0.0809 e. The molecule has 0 radical (unpaired) electrons. The average molecular weight is 193 g/mol. The van der Waals surface area contributed by atoms with Crippen LogP contribution in [0.25, 0.3) is 0 Å². The van der Waals surface area contributed by atoms with Crippen molar-refractivity contribution in [3.05, 3.63) is 24.3 Å². The van der Waals surface area contributed by atoms with Gasteiger partial charge in [-0.3, -0.25) is 9.97 Å². The number of nitrogens with zero attached hydrogens (tertiary/aromatic N) is 2. The monoisotopic (exact) mass is 193 g/mol. The van der Waals surface area contributed by atoms with Crippen LogP contribution >= 0.6 is 0 Å². The minimum atomic E-state index is -0.152. The zero-order chi connectivity index (χ0) is 9.97. The van der Waals surface area contributed by atoms with Crippen molar-refractivity contribution < 1.29 is 4.74 Å². The molecule has 76 valence electrons. The molecular weight excluding hydrogens is 178 g/mol. The summed E-state index contributed by atoms with van der Waals surface area (Å²) in [7, 11) is 0. The molecule has 3 atom stereocenters. The van der Waals surface area contributed by atoms with Crippen LogP contribution in [-0.2, 0) is 4.74 Å². The molecule has 2 rings (SSSR count). The van der Waals surface area contributed by atoms with E-state index in [0.29, 0.717) is 5.92 Å². The van der Waals surface area contributed by atoms with Crippen LogP contribution in [0.3, 0.4) is 0 Å². The summed E-state index contributed by atoms with van der Waals surface area (Å²) in [4.78, 5) is 8.19. The third-order valence-electron chi connectivity index (χ3n) is 2.72. The molecule has 0 amide bonds. The van der Waals surface area contributed by atoms with Crippen LogP contribution in [0.2, 0.25) is 0 Å². The van der Waals surface area contributed by atoms with Gasteiger partial charge in [0.25, 0.3) is 0 Å². The lowest BCUT2D eigenvalue weighted by Gasteiger charge is -2.21. The molecule has 0 spiro atoms. The topological polar surface area (TPSA) is 61.0 Å². The van der Waals surface area contributed by atoms with Gasteiger partial charge in [0.15, 0.2) is 0 Å². The first-order valence-electron chi connectivity index (χ1n) is 4.92. The van der Waals surface area contributed by atoms with Crippen LogP contribution in [0, 0.1) is 5.92 Å². The van der Waals surface area contributed by atoms with Gasteiger partial charge in [0.2, 0.25) is 0 Å². The van der Waals surface area contributed by atoms with Gasteiger partial charge in [0.05, 0.1) is 24.0 Å². The van der Waals surface area contributed by atoms with Gasteiger partial charge in [-0.2, -0.15) is 0 Å². The van der Waals surface area contributed by atoms with Crippen LogP contribution in [0.15, 0.2) is 18.6 Å². The summed E-state index contributed by atoms with van der Waals surface area (Å²) < 4.78 is 5.59. The normalized spacial score (nSPS) is 29.0. The van der Waals surface area contributed by atoms with Gasteiger partial charge in [0, 0.05) is 19.0 Å². The van der Waals surface area contributed by atoms with Crippen LogP contribution in [-0.4, -0.2) is 22.7 Å². The molecule has 2 heterocycles. The molecule has 1 aromatic heterocycles. The van der Waals surface area contributed by atoms with E-state index in [0.717, 1.165) is 18.7 Å². The number of nitrogens with two attached hydrogens (primary N) is 1. The van der Waals surface area contributed by atoms with Crippen molar-refractivity contribution in [2.75, 3.05) is 6.61 Å². The van der Waals surface area contributed by atoms with E-state index < -0.39 is 0 Å². The molecule has 4 nitrogen and oxygen atoms in total. The average Bonchev–Trinajstić information content (AvgIpc) is 2.65. The Balaban J connectivity index is 2.12. The summed E-state index contributed by atoms with van der Waals surface area (Å²) in [6.07, 6.45) is 6.19. The summed E-state index contributed by atoms with van der Waals surface area (Å²) in [6.45, 7) is 2.97. The third kappa shape index (κ3) is 1.76. The fraction of sp³-hybridized carbons (Fsp3) is 0.600. The van der Waals surface area contributed by atoms with Crippen molar-refractivity contribution in [1.82, 2.24) is 9.97 Å². The van der Waals surface area contributed by atoms with Crippen LogP contribution in [0.4, 0.5) is 0 Å². The first-order valence-corrected chi connectivity index (χ1v) is 4.92. The predicted octanol–water partition coefficient (Wildman–Crippen LogP) is 0.901. The highest BCUT2D eigenvalue weighted by atomic mass is 16.5. The zero-order valence-corrected chi connectivity index (χ0v) is 8.26. The summed E-state index contributed by atoms with van der Waals surface area (Å²) in [5.41, 5.74) is 6.87. The van der Waals surface area contributed by atoms with Gasteiger partial charge >= 0.3 is 0 Å². The molecule has 3 unspecified atom stereocenters. The van der Waals surface area contributed by atoms with E-state index in [1.807, 2.05) is 0 Å². The van der Waals surface area contributed by atoms with E-state index >= 15 is 0 Å². The van der Waals surface area contributed by atoms with E-state index in [-0.39, 0.29) is 12.1 Å². The highest BCUT2D eigenvalue weighted by Gasteiger charge is 2.31. The van der Waals surface area contributed by atoms with Crippen molar-refractivity contribution in [2.45, 2.75) is 25.5 Å². The first-order chi connectivity index (χ1) is 6.79. The standard InChI is InChI=1S/C10H15N3O/c1-7-2-5-14-10(7)9(11)8-6-12-3-4-13-8/h3-4,6-7,9-10H,2,5,11H2,1H3. The quantitative estimate of drug-likeness (QED) is 0.758. The Morgan fingerprint density at radius 2 is 2.43 bits per heavy atom. The van der Waals surface area contributed by atoms with Gasteiger partial charge in [-0.1, -0.05) is 6.92 Å². The second-order valence-electron chi connectivity index (χ2n) is 3.76. The Bertz CT molecular complexity index is 291. The maximum Gasteiger partial charge on any atom is 0.0809 e. The van der Waals surface area contributed by atoms with E-state index in [2.05, 4.69) is 16.9 Å². The fourth-order valence-electron chi connectivity index (χ4n) is 1.83. The maximum absolute atomic E-state index is 6.06. The van der Waals surface area contributed by atoms with Crippen LogP contribution in [0.1, 0.15) is 25.1 Å². The molecule has 0 saturated carbocycles. The molecule has 1 aliphatic heterocycles. The van der Waals surface area contributed by atoms with Gasteiger partial charge in [-0.05, 0) is 12.3 Å². The van der Waals surface area contributed by atoms with Crippen molar-refractivity contribution in [1.29, 1.82) is 0 Å². The molecule has 2 N–H and O–H groups in total. The van der Waals surface area contributed by atoms with E-state index in [4.69, 9.17) is 10.5 Å². The molecule has 0 bridgehead atoms. The number of hydrogen-bond donors (Lipinski definition) is 1. The van der Waals surface area contributed by atoms with Crippen LogP contribution < -0.4 is 5.73 Å². The number of rotatable bonds is 2. The molecule has 1 aromatic rings. The van der Waals surface area contributed by atoms with E-state index in [1.165, 1.54) is 0 Å². The van der Waals surface area contributed by atoms with Gasteiger partial charge in [0.1, 0.15) is 0 Å². The first kappa shape index (κ1) is 9.55. The molecule has 1 saturated heterocycles. The van der Waals surface area contributed by atoms with Crippen molar-refractivity contribution in [3.8, 4) is 0 Å². The molecule has 1 aliphatic rings. The second-order valence-corrected chi connectivity index (χ2v) is 3.76. The molecule has 1 fully saturated rings. The second kappa shape index (κ2) is 4.02. The van der Waals surface area contributed by atoms with Gasteiger partial charge < -0.3 is 10.5 Å². The fourth-order valence-corrected chi connectivity index (χ4v) is 1.83. The number of hydrogen-bond acceptors (Lipinski definition) is 4. The minimum absolute atomic E-state index is 0.0895. The lowest BCUT2D eigenvalue weighted by atomic mass is 9.96. The van der Waals surface area contributed by atoms with E-state index in [9.17, 15) is 0 Å². The number of aromatic nitrogens is 2. The SMILES string of the molecule is CC1CCOC1C(N)c1cnccn1. The van der Waals surface area contributed by atoms with Gasteiger partial charge in [-0.25, -0.2) is 0 Å². The Morgan fingerprint density at radius 1 is 1.57 bits per heavy atom. The highest BCUT2D eigenvalue weighted by molar-refractivity contribution is 5.05. The predicted molar refractivity (Wildman–Crippen MR) is 52.5 cm³/mol. The summed E-state index contributed by atoms with van der Waals surface area (Å²) in [5, 5.41) is 0. The van der Waals surface area contributed by atoms with E-state index in [1.54, 1.807) is 18.6 Å². The summed E-state index contributed by atoms with van der Waals surface area (Å²) >= 11 is 0. The Kier molecular flexibility index (Phi) is 2.74. The molecule has 14 heavy (non-hydrogen) atoms.